The first-order valence-corrected chi connectivity index (χ1v) is 16.7. The molecule has 0 N–H and O–H groups in total. The van der Waals surface area contributed by atoms with E-state index in [2.05, 4.69) is 103 Å². The van der Waals surface area contributed by atoms with Gasteiger partial charge in [0.2, 0.25) is 0 Å². The highest BCUT2D eigenvalue weighted by Crippen LogP contribution is 2.44. The molecular weight excluding hydrogens is 587 g/mol. The van der Waals surface area contributed by atoms with Crippen molar-refractivity contribution in [1.29, 1.82) is 0 Å². The molecule has 0 aliphatic heterocycles. The predicted molar refractivity (Wildman–Crippen MR) is 201 cm³/mol. The quantitative estimate of drug-likeness (QED) is 0.140. The van der Waals surface area contributed by atoms with E-state index >= 15 is 0 Å². The van der Waals surface area contributed by atoms with Crippen molar-refractivity contribution in [3.05, 3.63) is 165 Å². The van der Waals surface area contributed by atoms with Crippen LogP contribution in [-0.2, 0) is 12.8 Å². The Morgan fingerprint density at radius 1 is 0.708 bits per heavy atom. The fourth-order valence-corrected chi connectivity index (χ4v) is 7.46. The molecule has 0 radical (unpaired) electrons. The van der Waals surface area contributed by atoms with Crippen LogP contribution in [0.15, 0.2) is 115 Å². The van der Waals surface area contributed by atoms with Gasteiger partial charge in [0.1, 0.15) is 0 Å². The van der Waals surface area contributed by atoms with Crippen molar-refractivity contribution in [2.45, 2.75) is 32.6 Å². The van der Waals surface area contributed by atoms with Gasteiger partial charge in [0.15, 0.2) is 11.6 Å². The molecule has 0 unspecified atom stereocenters. The van der Waals surface area contributed by atoms with Crippen LogP contribution in [-0.4, -0.2) is 11.6 Å². The van der Waals surface area contributed by atoms with Crippen molar-refractivity contribution in [2.75, 3.05) is 4.90 Å². The number of Topliss-reactive ketones (excluding diaryl/α,β-unsaturated/α-hetero) is 2. The van der Waals surface area contributed by atoms with Gasteiger partial charge in [-0.3, -0.25) is 9.59 Å². The molecule has 48 heavy (non-hydrogen) atoms. The lowest BCUT2D eigenvalue weighted by Gasteiger charge is -2.31. The maximum absolute atomic E-state index is 13.5. The van der Waals surface area contributed by atoms with Crippen molar-refractivity contribution in [2.24, 2.45) is 0 Å². The molecule has 0 fully saturated rings. The molecule has 0 atom stereocenters. The molecule has 0 spiro atoms. The monoisotopic (exact) mass is 621 g/mol. The predicted octanol–water partition coefficient (Wildman–Crippen LogP) is 11.4. The Morgan fingerprint density at radius 3 is 2.19 bits per heavy atom. The number of nitrogens with zero attached hydrogens (tertiary/aromatic N) is 1. The Balaban J connectivity index is 1.20. The van der Waals surface area contributed by atoms with E-state index in [1.165, 1.54) is 27.9 Å². The third kappa shape index (κ3) is 5.00. The molecule has 5 aromatic carbocycles. The highest BCUT2D eigenvalue weighted by atomic mass is 16.2. The lowest BCUT2D eigenvalue weighted by Crippen LogP contribution is -2.15. The van der Waals surface area contributed by atoms with E-state index in [9.17, 15) is 9.59 Å². The van der Waals surface area contributed by atoms with Gasteiger partial charge in [0.05, 0.1) is 11.3 Å². The summed E-state index contributed by atoms with van der Waals surface area (Å²) in [6.45, 7) is 5.82. The van der Waals surface area contributed by atoms with Gasteiger partial charge in [0.25, 0.3) is 0 Å². The summed E-state index contributed by atoms with van der Waals surface area (Å²) in [5, 5.41) is 2.12. The number of fused-ring (bicyclic) bond motifs is 5. The summed E-state index contributed by atoms with van der Waals surface area (Å²) in [6.07, 6.45) is 20.8. The van der Waals surface area contributed by atoms with E-state index in [0.29, 0.717) is 11.1 Å². The minimum atomic E-state index is -0.239. The number of ketones is 2. The van der Waals surface area contributed by atoms with Crippen molar-refractivity contribution in [1.82, 2.24) is 0 Å². The second-order valence-electron chi connectivity index (χ2n) is 12.6. The van der Waals surface area contributed by atoms with E-state index in [-0.39, 0.29) is 17.1 Å². The summed E-state index contributed by atoms with van der Waals surface area (Å²) in [4.78, 5) is 29.3. The Labute approximate surface area is 281 Å². The maximum Gasteiger partial charge on any atom is 0.197 e. The second-order valence-corrected chi connectivity index (χ2v) is 12.6. The summed E-state index contributed by atoms with van der Waals surface area (Å²) in [5.41, 5.74) is 12.6. The fourth-order valence-electron chi connectivity index (χ4n) is 7.46. The third-order valence-corrected chi connectivity index (χ3v) is 9.75. The van der Waals surface area contributed by atoms with Crippen LogP contribution in [0.4, 0.5) is 17.1 Å². The molecule has 232 valence electrons. The molecule has 8 rings (SSSR count). The highest BCUT2D eigenvalue weighted by molar-refractivity contribution is 6.41. The van der Waals surface area contributed by atoms with E-state index in [1.807, 2.05) is 25.1 Å². The van der Waals surface area contributed by atoms with Crippen LogP contribution in [0.25, 0.3) is 41.2 Å². The van der Waals surface area contributed by atoms with E-state index < -0.39 is 0 Å². The number of benzene rings is 5. The zero-order valence-electron chi connectivity index (χ0n) is 27.0. The van der Waals surface area contributed by atoms with Crippen LogP contribution in [0, 0.1) is 0 Å². The summed E-state index contributed by atoms with van der Waals surface area (Å²) >= 11 is 0. The molecule has 5 aromatic rings. The number of carbonyl (C=O) groups excluding carboxylic acids is 2. The lowest BCUT2D eigenvalue weighted by molar-refractivity contribution is 0.0990. The standard InChI is InChI=1S/C45H35NO2/c1-3-12-31-27-41-40(26-30(31)4-2)44(47)42(45(41)48)24-29-19-20-33-25-36(22-21-32(33)23-29)46(35-14-6-5-7-15-35)43-28-34-13-8-9-16-37(34)38-17-10-11-18-39(38)43/h3-8,11-15,18-28H,2,9-10,16-17H2,1H3/b12-3-,42-24?. The van der Waals surface area contributed by atoms with Crippen LogP contribution in [0.5, 0.6) is 0 Å². The van der Waals surface area contributed by atoms with Gasteiger partial charge < -0.3 is 4.90 Å². The smallest absolute Gasteiger partial charge is 0.197 e. The van der Waals surface area contributed by atoms with E-state index in [4.69, 9.17) is 0 Å². The molecule has 0 saturated heterocycles. The maximum atomic E-state index is 13.5. The second kappa shape index (κ2) is 12.1. The summed E-state index contributed by atoms with van der Waals surface area (Å²) in [7, 11) is 0. The molecule has 3 aliphatic carbocycles. The van der Waals surface area contributed by atoms with E-state index in [1.54, 1.807) is 24.3 Å². The topological polar surface area (TPSA) is 37.4 Å². The average molecular weight is 622 g/mol. The Morgan fingerprint density at radius 2 is 1.42 bits per heavy atom. The summed E-state index contributed by atoms with van der Waals surface area (Å²) in [6, 6.07) is 29.2. The molecule has 0 amide bonds. The Bertz CT molecular complexity index is 2300. The minimum Gasteiger partial charge on any atom is -0.310 e. The fraction of sp³-hybridized carbons (Fsp3) is 0.111. The van der Waals surface area contributed by atoms with Crippen LogP contribution in [0.1, 0.15) is 79.4 Å². The van der Waals surface area contributed by atoms with Gasteiger partial charge in [-0.15, -0.1) is 0 Å². The average Bonchev–Trinajstić information content (AvgIpc) is 3.35. The van der Waals surface area contributed by atoms with Gasteiger partial charge in [-0.2, -0.15) is 0 Å². The van der Waals surface area contributed by atoms with Crippen LogP contribution in [0.2, 0.25) is 0 Å². The molecular formula is C45H35NO2. The van der Waals surface area contributed by atoms with Gasteiger partial charge in [-0.1, -0.05) is 85.5 Å². The van der Waals surface area contributed by atoms with Crippen LogP contribution >= 0.6 is 0 Å². The number of allylic oxidation sites excluding steroid dienone is 4. The first kappa shape index (κ1) is 29.6. The number of hydrogen-bond acceptors (Lipinski definition) is 3. The number of carbonyl (C=O) groups is 2. The lowest BCUT2D eigenvalue weighted by atomic mass is 9.84. The number of hydrogen-bond donors (Lipinski definition) is 0. The molecule has 3 nitrogen and oxygen atoms in total. The normalized spacial score (nSPS) is 15.6. The van der Waals surface area contributed by atoms with Gasteiger partial charge in [-0.05, 0) is 131 Å². The SMILES string of the molecule is C=Cc1cc2c(cc1/C=C\C)C(=O)C(=Cc1ccc3cc(N(c4ccccc4)c4cc5c(c6c4C=CCC6)CCC=C5)ccc3c1)C2=O. The summed E-state index contributed by atoms with van der Waals surface area (Å²) < 4.78 is 0. The number of anilines is 3. The molecule has 0 bridgehead atoms. The first-order valence-electron chi connectivity index (χ1n) is 16.7. The van der Waals surface area contributed by atoms with Crippen LogP contribution in [0.3, 0.4) is 0 Å². The highest BCUT2D eigenvalue weighted by Gasteiger charge is 2.34. The van der Waals surface area contributed by atoms with Crippen LogP contribution < -0.4 is 4.90 Å². The Kier molecular flexibility index (Phi) is 7.46. The van der Waals surface area contributed by atoms with Crippen molar-refractivity contribution in [3.8, 4) is 0 Å². The van der Waals surface area contributed by atoms with Crippen molar-refractivity contribution in [3.63, 3.8) is 0 Å². The number of rotatable bonds is 6. The van der Waals surface area contributed by atoms with Gasteiger partial charge in [-0.25, -0.2) is 0 Å². The Hall–Kier alpha value is -5.80. The largest absolute Gasteiger partial charge is 0.310 e. The summed E-state index contributed by atoms with van der Waals surface area (Å²) in [5.74, 6) is -0.473. The molecule has 0 heterocycles. The van der Waals surface area contributed by atoms with Crippen molar-refractivity contribution < 1.29 is 9.59 Å². The van der Waals surface area contributed by atoms with Gasteiger partial charge in [0, 0.05) is 28.1 Å². The van der Waals surface area contributed by atoms with E-state index in [0.717, 1.165) is 64.5 Å². The minimum absolute atomic E-state index is 0.197. The third-order valence-electron chi connectivity index (χ3n) is 9.75. The van der Waals surface area contributed by atoms with Crippen molar-refractivity contribution >= 4 is 69.8 Å². The number of para-hydroxylation sites is 1. The molecule has 3 aliphatic rings. The first-order chi connectivity index (χ1) is 23.5. The zero-order chi connectivity index (χ0) is 32.8. The molecule has 0 aromatic heterocycles. The van der Waals surface area contributed by atoms with Gasteiger partial charge >= 0.3 is 0 Å². The molecule has 3 heteroatoms. The molecule has 0 saturated carbocycles. The zero-order valence-corrected chi connectivity index (χ0v) is 27.0.